The fourth-order valence-electron chi connectivity index (χ4n) is 1.69. The van der Waals surface area contributed by atoms with Crippen LogP contribution in [0, 0.1) is 0 Å². The lowest BCUT2D eigenvalue weighted by atomic mass is 10.2. The van der Waals surface area contributed by atoms with E-state index in [0.717, 1.165) is 4.47 Å². The van der Waals surface area contributed by atoms with Crippen molar-refractivity contribution in [1.82, 2.24) is 14.5 Å². The van der Waals surface area contributed by atoms with Crippen molar-refractivity contribution in [2.75, 3.05) is 13.6 Å². The average molecular weight is 324 g/mol. The van der Waals surface area contributed by atoms with E-state index in [2.05, 4.69) is 20.9 Å². The van der Waals surface area contributed by atoms with Gasteiger partial charge in [-0.05, 0) is 25.1 Å². The Hall–Kier alpha value is -1.69. The number of fused-ring (bicyclic) bond motifs is 1. The first-order valence-corrected chi connectivity index (χ1v) is 6.71. The lowest BCUT2D eigenvalue weighted by Gasteiger charge is -2.15. The third-order valence-electron chi connectivity index (χ3n) is 2.99. The van der Waals surface area contributed by atoms with Crippen LogP contribution < -0.4 is 5.56 Å². The molecule has 1 heterocycles. The molecule has 0 unspecified atom stereocenters. The number of benzene rings is 1. The zero-order valence-electron chi connectivity index (χ0n) is 10.8. The molecule has 0 radical (unpaired) electrons. The third-order valence-corrected chi connectivity index (χ3v) is 3.49. The van der Waals surface area contributed by atoms with Crippen molar-refractivity contribution in [3.8, 4) is 0 Å². The second-order valence-electron chi connectivity index (χ2n) is 4.25. The molecule has 1 aromatic carbocycles. The summed E-state index contributed by atoms with van der Waals surface area (Å²) in [7, 11) is 1.71. The highest BCUT2D eigenvalue weighted by molar-refractivity contribution is 9.10. The third kappa shape index (κ3) is 2.84. The fraction of sp³-hybridized carbons (Fsp3) is 0.308. The summed E-state index contributed by atoms with van der Waals surface area (Å²) >= 11 is 3.33. The van der Waals surface area contributed by atoms with Crippen LogP contribution in [0.25, 0.3) is 10.9 Å². The van der Waals surface area contributed by atoms with Gasteiger partial charge in [-0.25, -0.2) is 4.98 Å². The Labute approximate surface area is 119 Å². The highest BCUT2D eigenvalue weighted by Crippen LogP contribution is 2.14. The smallest absolute Gasteiger partial charge is 0.261 e. The van der Waals surface area contributed by atoms with Crippen molar-refractivity contribution < 1.29 is 4.79 Å². The molecule has 2 aromatic rings. The topological polar surface area (TPSA) is 55.2 Å². The van der Waals surface area contributed by atoms with Gasteiger partial charge in [0.2, 0.25) is 5.91 Å². The number of aromatic nitrogens is 2. The van der Waals surface area contributed by atoms with E-state index in [9.17, 15) is 9.59 Å². The number of likely N-dealkylation sites (N-methyl/N-ethyl adjacent to an activating group) is 1. The van der Waals surface area contributed by atoms with Gasteiger partial charge in [-0.3, -0.25) is 14.2 Å². The van der Waals surface area contributed by atoms with E-state index in [0.29, 0.717) is 17.4 Å². The van der Waals surface area contributed by atoms with Crippen molar-refractivity contribution in [2.45, 2.75) is 13.5 Å². The zero-order valence-corrected chi connectivity index (χ0v) is 12.3. The Morgan fingerprint density at radius 3 is 2.89 bits per heavy atom. The molecule has 1 aromatic heterocycles. The van der Waals surface area contributed by atoms with Crippen molar-refractivity contribution in [3.05, 3.63) is 39.4 Å². The summed E-state index contributed by atoms with van der Waals surface area (Å²) < 4.78 is 2.21. The molecule has 0 aliphatic carbocycles. The second-order valence-corrected chi connectivity index (χ2v) is 5.16. The summed E-state index contributed by atoms with van der Waals surface area (Å²) in [5.74, 6) is -0.108. The minimum absolute atomic E-state index is 0.0160. The normalized spacial score (nSPS) is 10.7. The first-order valence-electron chi connectivity index (χ1n) is 5.91. The van der Waals surface area contributed by atoms with E-state index >= 15 is 0 Å². The molecule has 0 saturated carbocycles. The molecular formula is C13H14BrN3O2. The van der Waals surface area contributed by atoms with Crippen molar-refractivity contribution >= 4 is 32.7 Å². The number of rotatable bonds is 3. The standard InChI is InChI=1S/C13H14BrN3O2/c1-3-16(2)12(18)7-17-8-15-11-6-9(14)4-5-10(11)13(17)19/h4-6,8H,3,7H2,1-2H3. The monoisotopic (exact) mass is 323 g/mol. The van der Waals surface area contributed by atoms with Gasteiger partial charge < -0.3 is 4.90 Å². The van der Waals surface area contributed by atoms with Gasteiger partial charge in [0.05, 0.1) is 17.2 Å². The largest absolute Gasteiger partial charge is 0.344 e. The van der Waals surface area contributed by atoms with Crippen LogP contribution in [0.3, 0.4) is 0 Å². The summed E-state index contributed by atoms with van der Waals surface area (Å²) in [5, 5.41) is 0.512. The molecule has 100 valence electrons. The van der Waals surface area contributed by atoms with Crippen molar-refractivity contribution in [3.63, 3.8) is 0 Å². The number of carbonyl (C=O) groups excluding carboxylic acids is 1. The molecule has 0 saturated heterocycles. The Bertz CT molecular complexity index is 681. The number of halogens is 1. The molecule has 6 heteroatoms. The number of carbonyl (C=O) groups is 1. The van der Waals surface area contributed by atoms with E-state index in [-0.39, 0.29) is 18.0 Å². The van der Waals surface area contributed by atoms with Crippen molar-refractivity contribution in [1.29, 1.82) is 0 Å². The van der Waals surface area contributed by atoms with Crippen LogP contribution in [-0.4, -0.2) is 34.0 Å². The van der Waals surface area contributed by atoms with Gasteiger partial charge in [0.1, 0.15) is 6.54 Å². The molecule has 0 atom stereocenters. The molecule has 0 bridgehead atoms. The Kier molecular flexibility index (Phi) is 3.99. The quantitative estimate of drug-likeness (QED) is 0.862. The molecule has 0 spiro atoms. The maximum Gasteiger partial charge on any atom is 0.261 e. The molecular weight excluding hydrogens is 310 g/mol. The van der Waals surface area contributed by atoms with Crippen LogP contribution in [-0.2, 0) is 11.3 Å². The van der Waals surface area contributed by atoms with Crippen LogP contribution in [0.1, 0.15) is 6.92 Å². The van der Waals surface area contributed by atoms with Crippen LogP contribution in [0.2, 0.25) is 0 Å². The lowest BCUT2D eigenvalue weighted by molar-refractivity contribution is -0.130. The number of nitrogens with zero attached hydrogens (tertiary/aromatic N) is 3. The lowest BCUT2D eigenvalue weighted by Crippen LogP contribution is -2.33. The summed E-state index contributed by atoms with van der Waals surface area (Å²) in [6.45, 7) is 2.51. The highest BCUT2D eigenvalue weighted by Gasteiger charge is 2.10. The maximum absolute atomic E-state index is 12.2. The fourth-order valence-corrected chi connectivity index (χ4v) is 2.04. The first kappa shape index (κ1) is 13.7. The molecule has 0 N–H and O–H groups in total. The summed E-state index contributed by atoms with van der Waals surface area (Å²) in [6, 6.07) is 5.27. The van der Waals surface area contributed by atoms with Gasteiger partial charge in [-0.15, -0.1) is 0 Å². The molecule has 2 rings (SSSR count). The van der Waals surface area contributed by atoms with Crippen LogP contribution in [0.4, 0.5) is 0 Å². The van der Waals surface area contributed by atoms with E-state index in [1.165, 1.54) is 10.9 Å². The Balaban J connectivity index is 2.41. The van der Waals surface area contributed by atoms with E-state index in [1.807, 2.05) is 6.92 Å². The Morgan fingerprint density at radius 1 is 1.47 bits per heavy atom. The molecule has 0 aliphatic rings. The second kappa shape index (κ2) is 5.52. The summed E-state index contributed by atoms with van der Waals surface area (Å²) in [6.07, 6.45) is 1.42. The predicted octanol–water partition coefficient (Wildman–Crippen LogP) is 1.64. The molecule has 1 amide bonds. The van der Waals surface area contributed by atoms with Gasteiger partial charge in [0, 0.05) is 18.1 Å². The predicted molar refractivity (Wildman–Crippen MR) is 77.0 cm³/mol. The molecule has 0 aliphatic heterocycles. The minimum Gasteiger partial charge on any atom is -0.344 e. The van der Waals surface area contributed by atoms with Crippen LogP contribution in [0.15, 0.2) is 33.8 Å². The molecule has 0 fully saturated rings. The van der Waals surface area contributed by atoms with Crippen LogP contribution >= 0.6 is 15.9 Å². The Morgan fingerprint density at radius 2 is 2.21 bits per heavy atom. The zero-order chi connectivity index (χ0) is 14.0. The van der Waals surface area contributed by atoms with Gasteiger partial charge in [-0.1, -0.05) is 15.9 Å². The minimum atomic E-state index is -0.199. The SMILES string of the molecule is CCN(C)C(=O)Cn1cnc2cc(Br)ccc2c1=O. The first-order chi connectivity index (χ1) is 9.02. The van der Waals surface area contributed by atoms with E-state index in [1.54, 1.807) is 30.1 Å². The number of hydrogen-bond donors (Lipinski definition) is 0. The molecule has 19 heavy (non-hydrogen) atoms. The van der Waals surface area contributed by atoms with E-state index in [4.69, 9.17) is 0 Å². The van der Waals surface area contributed by atoms with E-state index < -0.39 is 0 Å². The van der Waals surface area contributed by atoms with Gasteiger partial charge >= 0.3 is 0 Å². The average Bonchev–Trinajstić information content (AvgIpc) is 2.40. The van der Waals surface area contributed by atoms with Gasteiger partial charge in [0.15, 0.2) is 0 Å². The maximum atomic E-state index is 12.2. The molecule has 5 nitrogen and oxygen atoms in total. The summed E-state index contributed by atoms with van der Waals surface area (Å²) in [5.41, 5.74) is 0.419. The van der Waals surface area contributed by atoms with Gasteiger partial charge in [0.25, 0.3) is 5.56 Å². The number of hydrogen-bond acceptors (Lipinski definition) is 3. The van der Waals surface area contributed by atoms with Gasteiger partial charge in [-0.2, -0.15) is 0 Å². The summed E-state index contributed by atoms with van der Waals surface area (Å²) in [4.78, 5) is 29.8. The highest BCUT2D eigenvalue weighted by atomic mass is 79.9. The van der Waals surface area contributed by atoms with Crippen molar-refractivity contribution in [2.24, 2.45) is 0 Å². The van der Waals surface area contributed by atoms with Crippen LogP contribution in [0.5, 0.6) is 0 Å². The number of amides is 1.